The first kappa shape index (κ1) is 31.9. The zero-order chi connectivity index (χ0) is 37.5. The van der Waals surface area contributed by atoms with Crippen molar-refractivity contribution >= 4 is 75.3 Å². The normalized spacial score (nSPS) is 11.9. The minimum atomic E-state index is 0.528. The Kier molecular flexibility index (Phi) is 7.03. The molecule has 0 atom stereocenters. The standard InChI is InChI=1S/C51H30N4OS/c1-4-14-31(15-5-1)35-21-12-23-41-45(35)40-29-28-38-37-20-10-11-24-42(37)56-48(38)47(40)55(41)51-53-49(33-18-8-3-9-19-33)52-50(54-51)34-26-27-39-44(30-34)57-43-25-13-22-36(46(39)43)32-16-6-2-7-17-32/h1-30H. The molecule has 8 aromatic carbocycles. The summed E-state index contributed by atoms with van der Waals surface area (Å²) in [6, 6.07) is 63.7. The van der Waals surface area contributed by atoms with Crippen LogP contribution in [0.25, 0.3) is 115 Å². The Morgan fingerprint density at radius 3 is 1.79 bits per heavy atom. The molecule has 0 aliphatic rings. The van der Waals surface area contributed by atoms with Crippen LogP contribution < -0.4 is 0 Å². The van der Waals surface area contributed by atoms with Crippen LogP contribution in [0.2, 0.25) is 0 Å². The van der Waals surface area contributed by atoms with Crippen molar-refractivity contribution in [1.82, 2.24) is 19.5 Å². The van der Waals surface area contributed by atoms with E-state index in [1.807, 2.05) is 30.3 Å². The Labute approximate surface area is 330 Å². The predicted octanol–water partition coefficient (Wildman–Crippen LogP) is 13.9. The zero-order valence-corrected chi connectivity index (χ0v) is 31.2. The lowest BCUT2D eigenvalue weighted by atomic mass is 9.99. The molecule has 0 saturated carbocycles. The van der Waals surface area contributed by atoms with Gasteiger partial charge in [-0.3, -0.25) is 4.57 Å². The van der Waals surface area contributed by atoms with Crippen LogP contribution in [-0.2, 0) is 0 Å². The lowest BCUT2D eigenvalue weighted by Gasteiger charge is -2.11. The van der Waals surface area contributed by atoms with Gasteiger partial charge in [-0.2, -0.15) is 9.97 Å². The third kappa shape index (κ3) is 4.98. The molecule has 0 bridgehead atoms. The van der Waals surface area contributed by atoms with E-state index in [0.717, 1.165) is 66.0 Å². The van der Waals surface area contributed by atoms with Crippen molar-refractivity contribution in [2.24, 2.45) is 0 Å². The SMILES string of the molecule is c1ccc(-c2nc(-c3ccc4c(c3)sc3cccc(-c5ccccc5)c34)nc(-n3c4cccc(-c5ccccc5)c4c4ccc5c6ccccc6oc5c43)n2)cc1. The quantitative estimate of drug-likeness (QED) is 0.176. The molecule has 12 rings (SSSR count). The smallest absolute Gasteiger partial charge is 0.238 e. The van der Waals surface area contributed by atoms with Crippen molar-refractivity contribution < 1.29 is 4.42 Å². The molecule has 0 saturated heterocycles. The molecule has 0 N–H and O–H groups in total. The molecule has 0 amide bonds. The summed E-state index contributed by atoms with van der Waals surface area (Å²) >= 11 is 1.80. The fourth-order valence-corrected chi connectivity index (χ4v) is 9.70. The average molecular weight is 747 g/mol. The van der Waals surface area contributed by atoms with Crippen molar-refractivity contribution in [3.05, 3.63) is 182 Å². The Morgan fingerprint density at radius 2 is 1.04 bits per heavy atom. The monoisotopic (exact) mass is 746 g/mol. The van der Waals surface area contributed by atoms with E-state index in [0.29, 0.717) is 17.6 Å². The van der Waals surface area contributed by atoms with Crippen LogP contribution in [0.1, 0.15) is 0 Å². The van der Waals surface area contributed by atoms with Crippen LogP contribution in [0.3, 0.4) is 0 Å². The van der Waals surface area contributed by atoms with Gasteiger partial charge in [0.05, 0.1) is 5.52 Å². The van der Waals surface area contributed by atoms with E-state index in [9.17, 15) is 0 Å². The maximum atomic E-state index is 6.76. The van der Waals surface area contributed by atoms with E-state index < -0.39 is 0 Å². The molecule has 0 fully saturated rings. The summed E-state index contributed by atoms with van der Waals surface area (Å²) in [5, 5.41) is 6.80. The number of thiophene rings is 1. The second kappa shape index (κ2) is 12.6. The van der Waals surface area contributed by atoms with Crippen LogP contribution in [0.5, 0.6) is 0 Å². The van der Waals surface area contributed by atoms with Gasteiger partial charge < -0.3 is 4.42 Å². The number of rotatable bonds is 5. The highest BCUT2D eigenvalue weighted by Gasteiger charge is 2.24. The summed E-state index contributed by atoms with van der Waals surface area (Å²) in [6.45, 7) is 0. The highest BCUT2D eigenvalue weighted by atomic mass is 32.1. The van der Waals surface area contributed by atoms with Crippen LogP contribution in [-0.4, -0.2) is 19.5 Å². The summed E-state index contributed by atoms with van der Waals surface area (Å²) in [5.74, 6) is 1.73. The molecular weight excluding hydrogens is 717 g/mol. The molecule has 0 aliphatic heterocycles. The third-order valence-corrected chi connectivity index (χ3v) is 12.2. The molecule has 0 spiro atoms. The second-order valence-corrected chi connectivity index (χ2v) is 15.4. The van der Waals surface area contributed by atoms with Gasteiger partial charge in [0, 0.05) is 52.8 Å². The molecule has 5 nitrogen and oxygen atoms in total. The Morgan fingerprint density at radius 1 is 0.421 bits per heavy atom. The van der Waals surface area contributed by atoms with Gasteiger partial charge >= 0.3 is 0 Å². The molecular formula is C51H30N4OS. The number of para-hydroxylation sites is 1. The third-order valence-electron chi connectivity index (χ3n) is 11.1. The predicted molar refractivity (Wildman–Crippen MR) is 236 cm³/mol. The van der Waals surface area contributed by atoms with Crippen LogP contribution in [0.15, 0.2) is 186 Å². The summed E-state index contributed by atoms with van der Waals surface area (Å²) in [6.07, 6.45) is 0. The molecule has 12 aromatic rings. The number of hydrogen-bond acceptors (Lipinski definition) is 5. The molecule has 0 radical (unpaired) electrons. The van der Waals surface area contributed by atoms with Crippen LogP contribution in [0.4, 0.5) is 0 Å². The second-order valence-electron chi connectivity index (χ2n) is 14.3. The highest BCUT2D eigenvalue weighted by molar-refractivity contribution is 7.26. The van der Waals surface area contributed by atoms with Crippen molar-refractivity contribution in [3.63, 3.8) is 0 Å². The molecule has 266 valence electrons. The number of nitrogens with zero attached hydrogens (tertiary/aromatic N) is 4. The van der Waals surface area contributed by atoms with Gasteiger partial charge in [-0.25, -0.2) is 4.98 Å². The van der Waals surface area contributed by atoms with Gasteiger partial charge in [-0.15, -0.1) is 11.3 Å². The van der Waals surface area contributed by atoms with Gasteiger partial charge in [0.2, 0.25) is 5.95 Å². The van der Waals surface area contributed by atoms with Gasteiger partial charge in [0.1, 0.15) is 11.1 Å². The Bertz CT molecular complexity index is 3510. The Balaban J connectivity index is 1.15. The van der Waals surface area contributed by atoms with Gasteiger partial charge in [-0.05, 0) is 52.6 Å². The van der Waals surface area contributed by atoms with Crippen molar-refractivity contribution in [2.45, 2.75) is 0 Å². The van der Waals surface area contributed by atoms with Crippen molar-refractivity contribution in [3.8, 4) is 51.0 Å². The number of fused-ring (bicyclic) bond motifs is 10. The fraction of sp³-hybridized carbons (Fsp3) is 0. The van der Waals surface area contributed by atoms with Crippen molar-refractivity contribution in [2.75, 3.05) is 0 Å². The van der Waals surface area contributed by atoms with Crippen molar-refractivity contribution in [1.29, 1.82) is 0 Å². The van der Waals surface area contributed by atoms with E-state index in [-0.39, 0.29) is 0 Å². The number of benzene rings is 8. The average Bonchev–Trinajstić information content (AvgIpc) is 3.96. The zero-order valence-electron chi connectivity index (χ0n) is 30.4. The first-order valence-corrected chi connectivity index (χ1v) is 19.8. The van der Waals surface area contributed by atoms with E-state index in [2.05, 4.69) is 156 Å². The van der Waals surface area contributed by atoms with Gasteiger partial charge in [0.15, 0.2) is 17.2 Å². The Hall–Kier alpha value is -7.41. The molecule has 6 heteroatoms. The van der Waals surface area contributed by atoms with E-state index in [1.165, 1.54) is 31.3 Å². The maximum absolute atomic E-state index is 6.76. The summed E-state index contributed by atoms with van der Waals surface area (Å²) in [7, 11) is 0. The first-order valence-electron chi connectivity index (χ1n) is 19.0. The highest BCUT2D eigenvalue weighted by Crippen LogP contribution is 2.44. The first-order chi connectivity index (χ1) is 28.3. The molecule has 0 unspecified atom stereocenters. The molecule has 4 heterocycles. The minimum Gasteiger partial charge on any atom is -0.454 e. The lowest BCUT2D eigenvalue weighted by Crippen LogP contribution is -2.06. The summed E-state index contributed by atoms with van der Waals surface area (Å²) in [4.78, 5) is 15.8. The number of aromatic nitrogens is 4. The minimum absolute atomic E-state index is 0.528. The van der Waals surface area contributed by atoms with E-state index in [1.54, 1.807) is 11.3 Å². The molecule has 0 aliphatic carbocycles. The summed E-state index contributed by atoms with van der Waals surface area (Å²) < 4.78 is 11.4. The van der Waals surface area contributed by atoms with Crippen LogP contribution >= 0.6 is 11.3 Å². The van der Waals surface area contributed by atoms with E-state index >= 15 is 0 Å². The largest absolute Gasteiger partial charge is 0.454 e. The van der Waals surface area contributed by atoms with Gasteiger partial charge in [0.25, 0.3) is 0 Å². The maximum Gasteiger partial charge on any atom is 0.238 e. The summed E-state index contributed by atoms with van der Waals surface area (Å²) in [5.41, 5.74) is 10.1. The fourth-order valence-electron chi connectivity index (χ4n) is 8.53. The molecule has 4 aromatic heterocycles. The van der Waals surface area contributed by atoms with Crippen LogP contribution in [0, 0.1) is 0 Å². The topological polar surface area (TPSA) is 56.7 Å². The molecule has 57 heavy (non-hydrogen) atoms. The van der Waals surface area contributed by atoms with E-state index in [4.69, 9.17) is 19.4 Å². The number of hydrogen-bond donors (Lipinski definition) is 0. The lowest BCUT2D eigenvalue weighted by molar-refractivity contribution is 0.670. The number of furan rings is 1. The van der Waals surface area contributed by atoms with Gasteiger partial charge in [-0.1, -0.05) is 152 Å².